The van der Waals surface area contributed by atoms with Crippen LogP contribution in [0.4, 0.5) is 10.5 Å². The van der Waals surface area contributed by atoms with Crippen LogP contribution in [0.3, 0.4) is 0 Å². The van der Waals surface area contributed by atoms with Gasteiger partial charge in [0, 0.05) is 30.1 Å². The minimum Gasteiger partial charge on any atom is -0.597 e. The van der Waals surface area contributed by atoms with Gasteiger partial charge in [-0.3, -0.25) is 0 Å². The summed E-state index contributed by atoms with van der Waals surface area (Å²) in [5.41, 5.74) is 1.04. The first kappa shape index (κ1) is 27.7. The predicted octanol–water partition coefficient (Wildman–Crippen LogP) is 5.04. The molecule has 0 aliphatic carbocycles. The van der Waals surface area contributed by atoms with Crippen LogP contribution in [0.2, 0.25) is 0 Å². The average Bonchev–Trinajstić information content (AvgIpc) is 3.08. The van der Waals surface area contributed by atoms with Crippen molar-refractivity contribution in [2.24, 2.45) is 5.41 Å². The maximum Gasteiger partial charge on any atom is 0.415 e. The predicted molar refractivity (Wildman–Crippen MR) is 140 cm³/mol. The van der Waals surface area contributed by atoms with Crippen molar-refractivity contribution in [1.29, 1.82) is 0 Å². The number of nitrogens with one attached hydrogen (secondary N) is 1. The molecule has 0 aromatic heterocycles. The van der Waals surface area contributed by atoms with Crippen molar-refractivity contribution in [2.75, 3.05) is 36.7 Å². The zero-order valence-electron chi connectivity index (χ0n) is 20.5. The summed E-state index contributed by atoms with van der Waals surface area (Å²) in [5.74, 6) is 0.396. The molecule has 1 aromatic rings. The summed E-state index contributed by atoms with van der Waals surface area (Å²) in [5, 5.41) is 9.74. The van der Waals surface area contributed by atoms with E-state index in [4.69, 9.17) is 25.6 Å². The second-order valence-electron chi connectivity index (χ2n) is 10.3. The summed E-state index contributed by atoms with van der Waals surface area (Å²) >= 11 is 4.06. The van der Waals surface area contributed by atoms with Crippen LogP contribution in [0.15, 0.2) is 18.2 Å². The molecule has 1 amide bonds. The summed E-state index contributed by atoms with van der Waals surface area (Å²) in [6.07, 6.45) is 4.07. The molecule has 1 fully saturated rings. The summed E-state index contributed by atoms with van der Waals surface area (Å²) in [7, 11) is 0. The minimum absolute atomic E-state index is 0.0318. The molecule has 34 heavy (non-hydrogen) atoms. The summed E-state index contributed by atoms with van der Waals surface area (Å²) in [6, 6.07) is 5.44. The van der Waals surface area contributed by atoms with Crippen LogP contribution in [-0.4, -0.2) is 53.2 Å². The van der Waals surface area contributed by atoms with Crippen LogP contribution in [0.25, 0.3) is 0 Å². The van der Waals surface area contributed by atoms with E-state index in [2.05, 4.69) is 18.6 Å². The van der Waals surface area contributed by atoms with E-state index >= 15 is 0 Å². The van der Waals surface area contributed by atoms with E-state index in [1.165, 1.54) is 0 Å². The average molecular weight is 533 g/mol. The third-order valence-corrected chi connectivity index (χ3v) is 9.87. The molecule has 192 valence electrons. The van der Waals surface area contributed by atoms with Crippen molar-refractivity contribution in [3.63, 3.8) is 0 Å². The van der Waals surface area contributed by atoms with Gasteiger partial charge >= 0.3 is 6.09 Å². The van der Waals surface area contributed by atoms with Crippen molar-refractivity contribution in [3.05, 3.63) is 23.8 Å². The topological polar surface area (TPSA) is 103 Å². The Morgan fingerprint density at radius 2 is 1.88 bits per heavy atom. The highest BCUT2D eigenvalue weighted by Crippen LogP contribution is 2.54. The Balaban J connectivity index is 1.38. The zero-order chi connectivity index (χ0) is 25.0. The van der Waals surface area contributed by atoms with Gasteiger partial charge in [0.1, 0.15) is 11.4 Å². The van der Waals surface area contributed by atoms with E-state index in [0.717, 1.165) is 42.3 Å². The monoisotopic (exact) mass is 532 g/mol. The van der Waals surface area contributed by atoms with Gasteiger partial charge in [-0.1, -0.05) is 38.8 Å². The standard InChI is InChI=1S/C23H37N2O6PS2/c1-22(2)15-29-32(33,30-16-22)13-8-6-5-7-12-24-34(28)17-25(21(26)27)19-11-9-10-18-14-23(3,4)31-20(18)19/h9-11,24H,5-8,12-17H2,1-4H3,(H,26,27). The molecule has 1 saturated heterocycles. The van der Waals surface area contributed by atoms with Crippen LogP contribution in [-0.2, 0) is 38.6 Å². The van der Waals surface area contributed by atoms with Crippen LogP contribution < -0.4 is 14.4 Å². The quantitative estimate of drug-likeness (QED) is 0.232. The molecule has 2 N–H and O–H groups in total. The SMILES string of the molecule is CC1(C)COP(=S)(CCCCCCN[S+]([O-])CN(C(=O)O)c2cccc3c2OC(C)(C)C3)OC1. The summed E-state index contributed by atoms with van der Waals surface area (Å²) < 4.78 is 33.2. The van der Waals surface area contributed by atoms with Gasteiger partial charge in [-0.25, -0.2) is 9.69 Å². The summed E-state index contributed by atoms with van der Waals surface area (Å²) in [6.45, 7) is 7.88. The molecule has 3 rings (SSSR count). The Hall–Kier alpha value is -0.870. The van der Waals surface area contributed by atoms with Crippen molar-refractivity contribution < 1.29 is 28.2 Å². The van der Waals surface area contributed by atoms with Crippen molar-refractivity contribution in [1.82, 2.24) is 4.72 Å². The molecule has 0 spiro atoms. The first-order chi connectivity index (χ1) is 15.9. The Morgan fingerprint density at radius 3 is 2.56 bits per heavy atom. The molecule has 2 heterocycles. The molecule has 8 nitrogen and oxygen atoms in total. The van der Waals surface area contributed by atoms with Crippen molar-refractivity contribution in [3.8, 4) is 5.75 Å². The third-order valence-electron chi connectivity index (χ3n) is 5.76. The number of carboxylic acid groups (broad SMARTS) is 1. The third kappa shape index (κ3) is 7.82. The van der Waals surface area contributed by atoms with E-state index in [1.807, 2.05) is 26.0 Å². The number of nitrogens with zero attached hydrogens (tertiary/aromatic N) is 1. The molecular formula is C23H37N2O6PS2. The largest absolute Gasteiger partial charge is 0.597 e. The number of para-hydroxylation sites is 1. The van der Waals surface area contributed by atoms with Gasteiger partial charge in [0.05, 0.1) is 30.3 Å². The summed E-state index contributed by atoms with van der Waals surface area (Å²) in [4.78, 5) is 13.0. The normalized spacial score (nSPS) is 20.9. The Morgan fingerprint density at radius 1 is 1.21 bits per heavy atom. The number of unbranched alkanes of at least 4 members (excludes halogenated alkanes) is 3. The molecule has 0 bridgehead atoms. The first-order valence-corrected chi connectivity index (χ1v) is 15.9. The Bertz CT molecular complexity index is 899. The fourth-order valence-electron chi connectivity index (χ4n) is 3.93. The van der Waals surface area contributed by atoms with Crippen LogP contribution in [0.5, 0.6) is 5.75 Å². The molecule has 11 heteroatoms. The molecule has 1 unspecified atom stereocenters. The fraction of sp³-hybridized carbons (Fsp3) is 0.696. The lowest BCUT2D eigenvalue weighted by molar-refractivity contribution is 0.0601. The molecule has 0 saturated carbocycles. The van der Waals surface area contributed by atoms with Crippen LogP contribution >= 0.6 is 6.49 Å². The van der Waals surface area contributed by atoms with Gasteiger partial charge < -0.3 is 23.4 Å². The smallest absolute Gasteiger partial charge is 0.415 e. The van der Waals surface area contributed by atoms with Gasteiger partial charge in [-0.05, 0) is 44.6 Å². The number of benzene rings is 1. The van der Waals surface area contributed by atoms with Crippen LogP contribution in [0, 0.1) is 5.41 Å². The Labute approximate surface area is 211 Å². The van der Waals surface area contributed by atoms with Gasteiger partial charge in [0.15, 0.2) is 6.49 Å². The molecule has 1 aromatic carbocycles. The van der Waals surface area contributed by atoms with E-state index in [0.29, 0.717) is 37.6 Å². The highest BCUT2D eigenvalue weighted by molar-refractivity contribution is 8.09. The van der Waals surface area contributed by atoms with Crippen molar-refractivity contribution >= 4 is 41.4 Å². The number of anilines is 1. The first-order valence-electron chi connectivity index (χ1n) is 11.7. The number of fused-ring (bicyclic) bond motifs is 1. The number of carbonyl (C=O) groups is 1. The minimum atomic E-state index is -2.14. The van der Waals surface area contributed by atoms with Gasteiger partial charge in [0.2, 0.25) is 5.88 Å². The Kier molecular flexibility index (Phi) is 9.34. The highest BCUT2D eigenvalue weighted by Gasteiger charge is 2.35. The highest BCUT2D eigenvalue weighted by atomic mass is 32.5. The molecule has 1 atom stereocenters. The van der Waals surface area contributed by atoms with Gasteiger partial charge in [-0.15, -0.1) is 4.72 Å². The molecule has 0 radical (unpaired) electrons. The van der Waals surface area contributed by atoms with Crippen LogP contribution in [0.1, 0.15) is 58.9 Å². The number of hydrogen-bond acceptors (Lipinski definition) is 7. The number of amides is 1. The van der Waals surface area contributed by atoms with Crippen molar-refractivity contribution in [2.45, 2.75) is 65.4 Å². The number of ether oxygens (including phenoxy) is 1. The van der Waals surface area contributed by atoms with E-state index in [9.17, 15) is 14.5 Å². The van der Waals surface area contributed by atoms with Gasteiger partial charge in [0.25, 0.3) is 0 Å². The fourth-order valence-corrected chi connectivity index (χ4v) is 7.61. The second kappa shape index (κ2) is 11.5. The lowest BCUT2D eigenvalue weighted by Crippen LogP contribution is -2.40. The van der Waals surface area contributed by atoms with E-state index in [1.54, 1.807) is 6.07 Å². The number of rotatable bonds is 11. The zero-order valence-corrected chi connectivity index (χ0v) is 23.0. The van der Waals surface area contributed by atoms with E-state index < -0.39 is 29.5 Å². The lowest BCUT2D eigenvalue weighted by Gasteiger charge is -2.36. The lowest BCUT2D eigenvalue weighted by atomic mass is 9.97. The molecular weight excluding hydrogens is 495 g/mol. The van der Waals surface area contributed by atoms with Gasteiger partial charge in [-0.2, -0.15) is 0 Å². The maximum absolute atomic E-state index is 12.6. The van der Waals surface area contributed by atoms with E-state index in [-0.39, 0.29) is 11.3 Å². The maximum atomic E-state index is 12.6. The second-order valence-corrected chi connectivity index (χ2v) is 15.4. The number of hydrogen-bond donors (Lipinski definition) is 2. The molecule has 2 aliphatic rings. The molecule has 2 aliphatic heterocycles.